The molecular weight excluding hydrogens is 252 g/mol. The zero-order valence-electron chi connectivity index (χ0n) is 10.6. The summed E-state index contributed by atoms with van der Waals surface area (Å²) >= 11 is 0. The third-order valence-electron chi connectivity index (χ3n) is 2.30. The third-order valence-corrected chi connectivity index (χ3v) is 3.77. The fourth-order valence-electron chi connectivity index (χ4n) is 1.42. The van der Waals surface area contributed by atoms with Crippen molar-refractivity contribution in [2.24, 2.45) is 5.73 Å². The molecule has 0 atom stereocenters. The van der Waals surface area contributed by atoms with Gasteiger partial charge in [-0.3, -0.25) is 0 Å². The van der Waals surface area contributed by atoms with Crippen LogP contribution in [0.5, 0.6) is 5.75 Å². The van der Waals surface area contributed by atoms with Crippen LogP contribution < -0.4 is 15.2 Å². The highest BCUT2D eigenvalue weighted by molar-refractivity contribution is 7.89. The van der Waals surface area contributed by atoms with Crippen molar-refractivity contribution in [2.45, 2.75) is 13.3 Å². The Labute approximate surface area is 108 Å². The zero-order chi connectivity index (χ0) is 13.4. The van der Waals surface area contributed by atoms with E-state index in [9.17, 15) is 8.42 Å². The molecule has 102 valence electrons. The summed E-state index contributed by atoms with van der Waals surface area (Å²) in [4.78, 5) is 0. The minimum atomic E-state index is -3.22. The van der Waals surface area contributed by atoms with Crippen molar-refractivity contribution in [1.82, 2.24) is 4.72 Å². The van der Waals surface area contributed by atoms with Gasteiger partial charge in [0.15, 0.2) is 0 Å². The molecule has 1 aromatic carbocycles. The fourth-order valence-corrected chi connectivity index (χ4v) is 2.50. The molecule has 0 saturated heterocycles. The van der Waals surface area contributed by atoms with Crippen LogP contribution in [0.3, 0.4) is 0 Å². The maximum Gasteiger partial charge on any atom is 0.211 e. The molecule has 0 fully saturated rings. The van der Waals surface area contributed by atoms with E-state index in [-0.39, 0.29) is 12.3 Å². The number of ether oxygens (including phenoxy) is 1. The Bertz CT molecular complexity index is 460. The van der Waals surface area contributed by atoms with E-state index in [1.54, 1.807) is 0 Å². The van der Waals surface area contributed by atoms with E-state index in [0.717, 1.165) is 11.3 Å². The molecule has 0 saturated carbocycles. The number of benzene rings is 1. The average molecular weight is 272 g/mol. The van der Waals surface area contributed by atoms with E-state index in [4.69, 9.17) is 10.5 Å². The van der Waals surface area contributed by atoms with Crippen LogP contribution in [0.4, 0.5) is 0 Å². The molecule has 0 aliphatic heterocycles. The van der Waals surface area contributed by atoms with E-state index >= 15 is 0 Å². The zero-order valence-corrected chi connectivity index (χ0v) is 11.4. The summed E-state index contributed by atoms with van der Waals surface area (Å²) in [7, 11) is -3.22. The number of nitrogens with two attached hydrogens (primary N) is 1. The molecule has 0 unspecified atom stereocenters. The van der Waals surface area contributed by atoms with E-state index in [0.29, 0.717) is 19.6 Å². The lowest BCUT2D eigenvalue weighted by molar-refractivity contribution is 0.322. The van der Waals surface area contributed by atoms with Crippen molar-refractivity contribution in [3.05, 3.63) is 29.8 Å². The van der Waals surface area contributed by atoms with Crippen LogP contribution in [-0.2, 0) is 10.0 Å². The second-order valence-corrected chi connectivity index (χ2v) is 5.95. The van der Waals surface area contributed by atoms with Crippen molar-refractivity contribution < 1.29 is 13.2 Å². The minimum Gasteiger partial charge on any atom is -0.492 e. The lowest BCUT2D eigenvalue weighted by Crippen LogP contribution is -2.31. The second-order valence-electron chi connectivity index (χ2n) is 4.02. The van der Waals surface area contributed by atoms with Gasteiger partial charge in [0.25, 0.3) is 0 Å². The van der Waals surface area contributed by atoms with Crippen molar-refractivity contribution in [1.29, 1.82) is 0 Å². The Morgan fingerprint density at radius 1 is 1.39 bits per heavy atom. The minimum absolute atomic E-state index is 0.0634. The van der Waals surface area contributed by atoms with Gasteiger partial charge in [0.2, 0.25) is 10.0 Å². The number of hydrogen-bond donors (Lipinski definition) is 2. The summed E-state index contributed by atoms with van der Waals surface area (Å²) in [5, 5.41) is 0. The Kier molecular flexibility index (Phi) is 6.11. The van der Waals surface area contributed by atoms with Gasteiger partial charge in [0.1, 0.15) is 12.4 Å². The first kappa shape index (κ1) is 14.9. The van der Waals surface area contributed by atoms with Crippen molar-refractivity contribution >= 4 is 10.0 Å². The van der Waals surface area contributed by atoms with Gasteiger partial charge in [0.05, 0.1) is 5.75 Å². The number of nitrogens with one attached hydrogen (secondary N) is 1. The van der Waals surface area contributed by atoms with Crippen molar-refractivity contribution in [3.8, 4) is 5.75 Å². The lowest BCUT2D eigenvalue weighted by Gasteiger charge is -2.08. The standard InChI is InChI=1S/C12H20N2O3S/c1-11-4-2-5-12(10-11)17-8-7-14-18(15,16)9-3-6-13/h2,4-5,10,14H,3,6-9,13H2,1H3. The average Bonchev–Trinajstić information content (AvgIpc) is 2.32. The summed E-state index contributed by atoms with van der Waals surface area (Å²) in [6.45, 7) is 2.93. The summed E-state index contributed by atoms with van der Waals surface area (Å²) in [5.74, 6) is 0.810. The molecule has 0 spiro atoms. The summed E-state index contributed by atoms with van der Waals surface area (Å²) in [6, 6.07) is 7.62. The Hall–Kier alpha value is -1.11. The van der Waals surface area contributed by atoms with Gasteiger partial charge in [0, 0.05) is 6.54 Å². The SMILES string of the molecule is Cc1cccc(OCCNS(=O)(=O)CCCN)c1. The van der Waals surface area contributed by atoms with Crippen LogP contribution in [0.2, 0.25) is 0 Å². The molecule has 0 aliphatic rings. The van der Waals surface area contributed by atoms with Crippen LogP contribution in [0.15, 0.2) is 24.3 Å². The van der Waals surface area contributed by atoms with Crippen LogP contribution in [0, 0.1) is 6.92 Å². The molecular formula is C12H20N2O3S. The van der Waals surface area contributed by atoms with Gasteiger partial charge in [-0.1, -0.05) is 12.1 Å². The third kappa shape index (κ3) is 6.00. The number of rotatable bonds is 8. The highest BCUT2D eigenvalue weighted by atomic mass is 32.2. The molecule has 0 aliphatic carbocycles. The predicted octanol–water partition coefficient (Wildman–Crippen LogP) is 0.642. The fraction of sp³-hybridized carbons (Fsp3) is 0.500. The highest BCUT2D eigenvalue weighted by Crippen LogP contribution is 2.11. The summed E-state index contributed by atoms with van der Waals surface area (Å²) in [5.41, 5.74) is 6.37. The van der Waals surface area contributed by atoms with E-state index in [1.807, 2.05) is 31.2 Å². The Balaban J connectivity index is 2.26. The lowest BCUT2D eigenvalue weighted by atomic mass is 10.2. The molecule has 18 heavy (non-hydrogen) atoms. The van der Waals surface area contributed by atoms with Gasteiger partial charge in [-0.15, -0.1) is 0 Å². The maximum atomic E-state index is 11.4. The normalized spacial score (nSPS) is 11.4. The molecule has 5 nitrogen and oxygen atoms in total. The maximum absolute atomic E-state index is 11.4. The molecule has 0 bridgehead atoms. The first-order valence-corrected chi connectivity index (χ1v) is 7.55. The Morgan fingerprint density at radius 2 is 2.17 bits per heavy atom. The highest BCUT2D eigenvalue weighted by Gasteiger charge is 2.08. The van der Waals surface area contributed by atoms with Gasteiger partial charge in [-0.25, -0.2) is 13.1 Å². The first-order valence-electron chi connectivity index (χ1n) is 5.90. The van der Waals surface area contributed by atoms with Gasteiger partial charge in [-0.2, -0.15) is 0 Å². The summed E-state index contributed by atoms with van der Waals surface area (Å²) in [6.07, 6.45) is 0.466. The number of hydrogen-bond acceptors (Lipinski definition) is 4. The molecule has 3 N–H and O–H groups in total. The van der Waals surface area contributed by atoms with Crippen LogP contribution >= 0.6 is 0 Å². The molecule has 0 heterocycles. The first-order chi connectivity index (χ1) is 8.53. The van der Waals surface area contributed by atoms with Crippen molar-refractivity contribution in [2.75, 3.05) is 25.4 Å². The predicted molar refractivity (Wildman–Crippen MR) is 72.1 cm³/mol. The molecule has 6 heteroatoms. The number of sulfonamides is 1. The van der Waals surface area contributed by atoms with Gasteiger partial charge >= 0.3 is 0 Å². The molecule has 1 rings (SSSR count). The van der Waals surface area contributed by atoms with E-state index < -0.39 is 10.0 Å². The van der Waals surface area contributed by atoms with Crippen molar-refractivity contribution in [3.63, 3.8) is 0 Å². The second kappa shape index (κ2) is 7.35. The molecule has 0 aromatic heterocycles. The Morgan fingerprint density at radius 3 is 2.83 bits per heavy atom. The number of aryl methyl sites for hydroxylation is 1. The van der Waals surface area contributed by atoms with Crippen LogP contribution in [0.25, 0.3) is 0 Å². The molecule has 1 aromatic rings. The smallest absolute Gasteiger partial charge is 0.211 e. The van der Waals surface area contributed by atoms with E-state index in [2.05, 4.69) is 4.72 Å². The summed E-state index contributed by atoms with van der Waals surface area (Å²) < 4.78 is 30.8. The largest absolute Gasteiger partial charge is 0.492 e. The monoisotopic (exact) mass is 272 g/mol. The molecule has 0 radical (unpaired) electrons. The van der Waals surface area contributed by atoms with Crippen LogP contribution in [-0.4, -0.2) is 33.9 Å². The van der Waals surface area contributed by atoms with Crippen LogP contribution in [0.1, 0.15) is 12.0 Å². The quantitative estimate of drug-likeness (QED) is 0.681. The topological polar surface area (TPSA) is 81.4 Å². The molecule has 0 amide bonds. The van der Waals surface area contributed by atoms with E-state index in [1.165, 1.54) is 0 Å². The van der Waals surface area contributed by atoms with Gasteiger partial charge < -0.3 is 10.5 Å². The van der Waals surface area contributed by atoms with Gasteiger partial charge in [-0.05, 0) is 37.6 Å².